The largest absolute Gasteiger partial charge is 0.444 e. The summed E-state index contributed by atoms with van der Waals surface area (Å²) in [6, 6.07) is 4.15. The van der Waals surface area contributed by atoms with Crippen molar-refractivity contribution in [1.29, 1.82) is 0 Å². The second-order valence-electron chi connectivity index (χ2n) is 11.3. The maximum Gasteiger partial charge on any atom is 0.417 e. The highest BCUT2D eigenvalue weighted by molar-refractivity contribution is 5.98. The van der Waals surface area contributed by atoms with Crippen LogP contribution in [0.25, 0.3) is 11.4 Å². The summed E-state index contributed by atoms with van der Waals surface area (Å²) in [4.78, 5) is 35.7. The van der Waals surface area contributed by atoms with Crippen LogP contribution in [0.5, 0.6) is 0 Å². The SMILES string of the molecule is Cc1cc(CC(=O)c2cnn(-c3ccc(C(F)(F)F)cn3)c2C)cnc1C1=CCC(N(C)C(=O)OC(C)(C)C)CC1. The van der Waals surface area contributed by atoms with Crippen LogP contribution in [-0.4, -0.2) is 55.2 Å². The van der Waals surface area contributed by atoms with Crippen LogP contribution in [0.2, 0.25) is 0 Å². The Hall–Kier alpha value is -4.02. The molecule has 0 N–H and O–H groups in total. The number of amides is 1. The number of alkyl halides is 3. The molecule has 0 bridgehead atoms. The first kappa shape index (κ1) is 30.0. The van der Waals surface area contributed by atoms with Crippen LogP contribution in [0.1, 0.15) is 78.5 Å². The molecule has 3 aromatic heterocycles. The van der Waals surface area contributed by atoms with E-state index < -0.39 is 17.3 Å². The maximum absolute atomic E-state index is 13.1. The van der Waals surface area contributed by atoms with Crippen molar-refractivity contribution in [3.63, 3.8) is 0 Å². The van der Waals surface area contributed by atoms with Crippen molar-refractivity contribution >= 4 is 17.4 Å². The number of Topliss-reactive ketones (excluding diaryl/α,β-unsaturated/α-hetero) is 1. The molecular formula is C30H34F3N5O3. The fourth-order valence-corrected chi connectivity index (χ4v) is 4.81. The van der Waals surface area contributed by atoms with Crippen molar-refractivity contribution in [3.05, 3.63) is 76.5 Å². The normalized spacial score (nSPS) is 15.8. The average molecular weight is 570 g/mol. The third-order valence-corrected chi connectivity index (χ3v) is 7.02. The fourth-order valence-electron chi connectivity index (χ4n) is 4.81. The van der Waals surface area contributed by atoms with E-state index in [1.54, 1.807) is 25.1 Å². The zero-order valence-electron chi connectivity index (χ0n) is 24.0. The van der Waals surface area contributed by atoms with Crippen molar-refractivity contribution in [2.75, 3.05) is 7.05 Å². The molecule has 0 aliphatic heterocycles. The molecule has 11 heteroatoms. The van der Waals surface area contributed by atoms with Gasteiger partial charge in [0.2, 0.25) is 0 Å². The molecule has 218 valence electrons. The molecule has 0 radical (unpaired) electrons. The fraction of sp³-hybridized carbons (Fsp3) is 0.433. The van der Waals surface area contributed by atoms with Gasteiger partial charge >= 0.3 is 12.3 Å². The monoisotopic (exact) mass is 569 g/mol. The molecule has 0 saturated heterocycles. The third-order valence-electron chi connectivity index (χ3n) is 7.02. The van der Waals surface area contributed by atoms with Crippen LogP contribution in [-0.2, 0) is 17.3 Å². The van der Waals surface area contributed by atoms with Gasteiger partial charge in [-0.15, -0.1) is 0 Å². The highest BCUT2D eigenvalue weighted by Gasteiger charge is 2.31. The molecular weight excluding hydrogens is 535 g/mol. The Bertz CT molecular complexity index is 1470. The van der Waals surface area contributed by atoms with Gasteiger partial charge < -0.3 is 9.64 Å². The highest BCUT2D eigenvalue weighted by atomic mass is 19.4. The summed E-state index contributed by atoms with van der Waals surface area (Å²) in [6.45, 7) is 9.17. The number of ether oxygens (including phenoxy) is 1. The topological polar surface area (TPSA) is 90.2 Å². The summed E-state index contributed by atoms with van der Waals surface area (Å²) < 4.78 is 45.4. The number of aromatic nitrogens is 4. The van der Waals surface area contributed by atoms with Gasteiger partial charge in [-0.2, -0.15) is 18.3 Å². The summed E-state index contributed by atoms with van der Waals surface area (Å²) >= 11 is 0. The van der Waals surface area contributed by atoms with E-state index in [2.05, 4.69) is 21.1 Å². The Kier molecular flexibility index (Phi) is 8.37. The molecule has 4 rings (SSSR count). The number of carbonyl (C=O) groups is 2. The molecule has 1 unspecified atom stereocenters. The van der Waals surface area contributed by atoms with Crippen molar-refractivity contribution in [1.82, 2.24) is 24.6 Å². The minimum Gasteiger partial charge on any atom is -0.444 e. The molecule has 41 heavy (non-hydrogen) atoms. The van der Waals surface area contributed by atoms with Crippen LogP contribution >= 0.6 is 0 Å². The number of halogens is 3. The molecule has 0 fully saturated rings. The molecule has 1 amide bonds. The van der Waals surface area contributed by atoms with Crippen LogP contribution in [0, 0.1) is 13.8 Å². The zero-order valence-corrected chi connectivity index (χ0v) is 24.0. The number of hydrogen-bond donors (Lipinski definition) is 0. The number of pyridine rings is 2. The molecule has 0 aromatic carbocycles. The van der Waals surface area contributed by atoms with Gasteiger partial charge in [0.05, 0.1) is 28.7 Å². The summed E-state index contributed by atoms with van der Waals surface area (Å²) in [5, 5.41) is 4.18. The predicted octanol–water partition coefficient (Wildman–Crippen LogP) is 6.53. The molecule has 1 aliphatic carbocycles. The smallest absolute Gasteiger partial charge is 0.417 e. The van der Waals surface area contributed by atoms with Gasteiger partial charge in [0.1, 0.15) is 5.60 Å². The lowest BCUT2D eigenvalue weighted by Gasteiger charge is -2.32. The van der Waals surface area contributed by atoms with Gasteiger partial charge in [0, 0.05) is 31.9 Å². The Morgan fingerprint density at radius 3 is 2.39 bits per heavy atom. The zero-order chi connectivity index (χ0) is 30.1. The lowest BCUT2D eigenvalue weighted by molar-refractivity contribution is -0.137. The molecule has 0 spiro atoms. The summed E-state index contributed by atoms with van der Waals surface area (Å²) in [5.74, 6) is 0.0104. The first-order valence-corrected chi connectivity index (χ1v) is 13.4. The maximum atomic E-state index is 13.1. The first-order chi connectivity index (χ1) is 19.1. The van der Waals surface area contributed by atoms with Gasteiger partial charge in [-0.3, -0.25) is 9.78 Å². The molecule has 1 atom stereocenters. The van der Waals surface area contributed by atoms with E-state index >= 15 is 0 Å². The predicted molar refractivity (Wildman–Crippen MR) is 148 cm³/mol. The average Bonchev–Trinajstić information content (AvgIpc) is 3.28. The van der Waals surface area contributed by atoms with Gasteiger partial charge in [-0.1, -0.05) is 12.1 Å². The Labute approximate surface area is 237 Å². The number of hydrogen-bond acceptors (Lipinski definition) is 6. The van der Waals surface area contributed by atoms with Crippen LogP contribution in [0.3, 0.4) is 0 Å². The van der Waals surface area contributed by atoms with Crippen molar-refractivity contribution in [3.8, 4) is 5.82 Å². The van der Waals surface area contributed by atoms with E-state index in [1.807, 2.05) is 33.8 Å². The second-order valence-corrected chi connectivity index (χ2v) is 11.3. The number of allylic oxidation sites excluding steroid dienone is 1. The Balaban J connectivity index is 1.42. The van der Waals surface area contributed by atoms with E-state index in [0.29, 0.717) is 17.7 Å². The summed E-state index contributed by atoms with van der Waals surface area (Å²) in [6.07, 6.45) is 3.49. The quantitative estimate of drug-likeness (QED) is 0.314. The molecule has 3 heterocycles. The van der Waals surface area contributed by atoms with E-state index in [4.69, 9.17) is 4.74 Å². The van der Waals surface area contributed by atoms with Crippen molar-refractivity contribution < 1.29 is 27.5 Å². The first-order valence-electron chi connectivity index (χ1n) is 13.4. The van der Waals surface area contributed by atoms with E-state index in [9.17, 15) is 22.8 Å². The third kappa shape index (κ3) is 7.01. The van der Waals surface area contributed by atoms with Crippen molar-refractivity contribution in [2.24, 2.45) is 0 Å². The number of aryl methyl sites for hydroxylation is 1. The van der Waals surface area contributed by atoms with Crippen LogP contribution in [0.15, 0.2) is 42.9 Å². The molecule has 8 nitrogen and oxygen atoms in total. The number of ketones is 1. The van der Waals surface area contributed by atoms with E-state index in [0.717, 1.165) is 47.5 Å². The standard InChI is InChI=1S/C30H34F3N5O3/c1-18-13-20(15-35-27(18)21-7-10-23(11-8-21)37(6)28(40)41-29(3,4)5)14-25(39)24-17-36-38(19(24)2)26-12-9-22(16-34-26)30(31,32)33/h7,9,12-13,15-17,23H,8,10-11,14H2,1-6H3. The Morgan fingerprint density at radius 2 is 1.83 bits per heavy atom. The van der Waals surface area contributed by atoms with E-state index in [1.165, 1.54) is 16.9 Å². The van der Waals surface area contributed by atoms with Crippen LogP contribution < -0.4 is 0 Å². The molecule has 3 aromatic rings. The van der Waals surface area contributed by atoms with Crippen molar-refractivity contribution in [2.45, 2.75) is 78.1 Å². The minimum absolute atomic E-state index is 0.0488. The summed E-state index contributed by atoms with van der Waals surface area (Å²) in [5.41, 5.74) is 3.12. The van der Waals surface area contributed by atoms with Gasteiger partial charge in [-0.05, 0) is 82.7 Å². The van der Waals surface area contributed by atoms with Crippen LogP contribution in [0.4, 0.5) is 18.0 Å². The van der Waals surface area contributed by atoms with Gasteiger partial charge in [0.25, 0.3) is 0 Å². The summed E-state index contributed by atoms with van der Waals surface area (Å²) in [7, 11) is 1.76. The van der Waals surface area contributed by atoms with E-state index in [-0.39, 0.29) is 30.2 Å². The number of nitrogens with zero attached hydrogens (tertiary/aromatic N) is 5. The lowest BCUT2D eigenvalue weighted by Crippen LogP contribution is -2.41. The molecule has 1 aliphatic rings. The Morgan fingerprint density at radius 1 is 1.10 bits per heavy atom. The van der Waals surface area contributed by atoms with Gasteiger partial charge in [-0.25, -0.2) is 14.5 Å². The second kappa shape index (κ2) is 11.5. The minimum atomic E-state index is -4.48. The molecule has 0 saturated carbocycles. The lowest BCUT2D eigenvalue weighted by atomic mass is 9.90. The van der Waals surface area contributed by atoms with Gasteiger partial charge in [0.15, 0.2) is 11.6 Å². The number of rotatable bonds is 6. The number of carbonyl (C=O) groups excluding carboxylic acids is 2. The highest BCUT2D eigenvalue weighted by Crippen LogP contribution is 2.31.